The molecule has 2 atom stereocenters. The number of nitrogens with zero attached hydrogens (tertiary/aromatic N) is 4. The highest BCUT2D eigenvalue weighted by molar-refractivity contribution is 7.88. The Hall–Kier alpha value is -2.37. The van der Waals surface area contributed by atoms with Crippen LogP contribution in [0.25, 0.3) is 11.0 Å². The van der Waals surface area contributed by atoms with Gasteiger partial charge < -0.3 is 10.4 Å². The van der Waals surface area contributed by atoms with Crippen LogP contribution in [-0.2, 0) is 10.0 Å². The van der Waals surface area contributed by atoms with Gasteiger partial charge in [0.1, 0.15) is 5.65 Å². The maximum Gasteiger partial charge on any atom is 0.263 e. The minimum atomic E-state index is -3.21. The molecule has 0 unspecified atom stereocenters. The summed E-state index contributed by atoms with van der Waals surface area (Å²) in [5, 5.41) is 14.8. The number of aryl methyl sites for hydroxylation is 1. The van der Waals surface area contributed by atoms with Gasteiger partial charge in [0.2, 0.25) is 16.0 Å². The molecule has 33 heavy (non-hydrogen) atoms. The Morgan fingerprint density at radius 2 is 1.94 bits per heavy atom. The molecule has 2 fully saturated rings. The zero-order valence-corrected chi connectivity index (χ0v) is 20.3. The lowest BCUT2D eigenvalue weighted by molar-refractivity contribution is 0.0265. The standard InChI is InChI=1S/C22H31N5O5S/c1-13-16-12-23-21(24-15-7-10-26(11-8-15)33(4,31)32)25-19(16)27(20(29)18(13)14(2)28)17-6-5-9-22(17,3)30/h12,15,17,30H,5-11H2,1-4H3,(H,23,24,25)/t17-,22-/m0/s1. The normalized spacial score (nSPS) is 24.9. The van der Waals surface area contributed by atoms with E-state index in [0.717, 1.165) is 6.42 Å². The molecule has 180 valence electrons. The second-order valence-corrected chi connectivity index (χ2v) is 11.5. The molecule has 2 aromatic rings. The van der Waals surface area contributed by atoms with Crippen molar-refractivity contribution in [2.45, 2.75) is 70.6 Å². The van der Waals surface area contributed by atoms with Gasteiger partial charge in [0, 0.05) is 30.7 Å². The highest BCUT2D eigenvalue weighted by atomic mass is 32.2. The highest BCUT2D eigenvalue weighted by Gasteiger charge is 2.40. The van der Waals surface area contributed by atoms with Gasteiger partial charge in [0.15, 0.2) is 5.78 Å². The van der Waals surface area contributed by atoms with Crippen molar-refractivity contribution in [3.63, 3.8) is 0 Å². The van der Waals surface area contributed by atoms with Crippen LogP contribution in [-0.4, -0.2) is 69.1 Å². The Labute approximate surface area is 193 Å². The van der Waals surface area contributed by atoms with Crippen molar-refractivity contribution in [1.82, 2.24) is 18.8 Å². The van der Waals surface area contributed by atoms with Crippen LogP contribution in [0, 0.1) is 6.92 Å². The van der Waals surface area contributed by atoms with Crippen molar-refractivity contribution >= 4 is 32.8 Å². The van der Waals surface area contributed by atoms with E-state index in [-0.39, 0.29) is 17.4 Å². The Morgan fingerprint density at radius 1 is 1.27 bits per heavy atom. The molecule has 2 N–H and O–H groups in total. The zero-order valence-electron chi connectivity index (χ0n) is 19.5. The van der Waals surface area contributed by atoms with Crippen molar-refractivity contribution in [3.8, 4) is 0 Å². The first-order valence-electron chi connectivity index (χ1n) is 11.3. The lowest BCUT2D eigenvalue weighted by Gasteiger charge is -2.31. The monoisotopic (exact) mass is 477 g/mol. The number of aromatic nitrogens is 3. The number of nitrogens with one attached hydrogen (secondary N) is 1. The molecule has 1 saturated carbocycles. The van der Waals surface area contributed by atoms with Crippen LogP contribution in [0.4, 0.5) is 5.95 Å². The van der Waals surface area contributed by atoms with Crippen LogP contribution in [0.3, 0.4) is 0 Å². The molecule has 2 aliphatic rings. The van der Waals surface area contributed by atoms with Crippen molar-refractivity contribution in [3.05, 3.63) is 27.7 Å². The Kier molecular flexibility index (Phi) is 6.08. The summed E-state index contributed by atoms with van der Waals surface area (Å²) >= 11 is 0. The summed E-state index contributed by atoms with van der Waals surface area (Å²) in [5.41, 5.74) is -0.504. The molecule has 0 aromatic carbocycles. The van der Waals surface area contributed by atoms with Gasteiger partial charge in [-0.05, 0) is 58.4 Å². The summed E-state index contributed by atoms with van der Waals surface area (Å²) < 4.78 is 26.4. The summed E-state index contributed by atoms with van der Waals surface area (Å²) in [6, 6.07) is -0.500. The Balaban J connectivity index is 1.75. The van der Waals surface area contributed by atoms with E-state index in [9.17, 15) is 23.1 Å². The summed E-state index contributed by atoms with van der Waals surface area (Å²) in [5.74, 6) is 0.00620. The average molecular weight is 478 g/mol. The number of piperidine rings is 1. The van der Waals surface area contributed by atoms with Crippen molar-refractivity contribution in [2.75, 3.05) is 24.7 Å². The molecule has 0 bridgehead atoms. The molecule has 3 heterocycles. The molecule has 11 heteroatoms. The fourth-order valence-electron chi connectivity index (χ4n) is 5.16. The van der Waals surface area contributed by atoms with Gasteiger partial charge in [-0.15, -0.1) is 0 Å². The number of sulfonamides is 1. The predicted octanol–water partition coefficient (Wildman–Crippen LogP) is 1.61. The second kappa shape index (κ2) is 8.44. The van der Waals surface area contributed by atoms with Crippen molar-refractivity contribution < 1.29 is 18.3 Å². The Bertz CT molecular complexity index is 1260. The molecular formula is C22H31N5O5S. The number of hydrogen-bond donors (Lipinski definition) is 2. The SMILES string of the molecule is CC(=O)c1c(C)c2cnc(NC3CCN(S(C)(=O)=O)CC3)nc2n([C@H]2CCC[C@]2(C)O)c1=O. The Morgan fingerprint density at radius 3 is 2.48 bits per heavy atom. The second-order valence-electron chi connectivity index (χ2n) is 9.51. The van der Waals surface area contributed by atoms with E-state index in [0.29, 0.717) is 61.3 Å². The first kappa shape index (κ1) is 23.8. The van der Waals surface area contributed by atoms with Crippen LogP contribution in [0.15, 0.2) is 11.0 Å². The van der Waals surface area contributed by atoms with Crippen LogP contribution in [0.1, 0.15) is 67.9 Å². The fourth-order valence-corrected chi connectivity index (χ4v) is 6.03. The van der Waals surface area contributed by atoms with E-state index >= 15 is 0 Å². The molecule has 0 spiro atoms. The molecule has 1 aliphatic heterocycles. The van der Waals surface area contributed by atoms with Crippen LogP contribution in [0.2, 0.25) is 0 Å². The third-order valence-electron chi connectivity index (χ3n) is 7.01. The molecular weight excluding hydrogens is 446 g/mol. The topological polar surface area (TPSA) is 134 Å². The number of carbonyl (C=O) groups excluding carboxylic acids is 1. The minimum absolute atomic E-state index is 0.00667. The first-order chi connectivity index (χ1) is 15.4. The molecule has 1 aliphatic carbocycles. The van der Waals surface area contributed by atoms with Gasteiger partial charge in [-0.2, -0.15) is 4.98 Å². The number of Topliss-reactive ketones (excluding diaryl/α,β-unsaturated/α-hetero) is 1. The van der Waals surface area contributed by atoms with Crippen molar-refractivity contribution in [1.29, 1.82) is 0 Å². The van der Waals surface area contributed by atoms with Gasteiger partial charge >= 0.3 is 0 Å². The van der Waals surface area contributed by atoms with E-state index in [1.807, 2.05) is 0 Å². The predicted molar refractivity (Wildman–Crippen MR) is 125 cm³/mol. The van der Waals surface area contributed by atoms with E-state index < -0.39 is 27.2 Å². The van der Waals surface area contributed by atoms with E-state index in [2.05, 4.69) is 15.3 Å². The summed E-state index contributed by atoms with van der Waals surface area (Å²) in [6.07, 6.45) is 5.98. The quantitative estimate of drug-likeness (QED) is 0.620. The number of anilines is 1. The zero-order chi connectivity index (χ0) is 24.1. The number of hydrogen-bond acceptors (Lipinski definition) is 8. The largest absolute Gasteiger partial charge is 0.388 e. The fraction of sp³-hybridized carbons (Fsp3) is 0.636. The van der Waals surface area contributed by atoms with E-state index in [1.54, 1.807) is 20.0 Å². The lowest BCUT2D eigenvalue weighted by Crippen LogP contribution is -2.42. The molecule has 0 radical (unpaired) electrons. The van der Waals surface area contributed by atoms with Gasteiger partial charge in [-0.1, -0.05) is 0 Å². The smallest absolute Gasteiger partial charge is 0.263 e. The lowest BCUT2D eigenvalue weighted by atomic mass is 9.98. The molecule has 2 aromatic heterocycles. The average Bonchev–Trinajstić information content (AvgIpc) is 3.06. The molecule has 0 amide bonds. The van der Waals surface area contributed by atoms with Gasteiger partial charge in [-0.3, -0.25) is 14.2 Å². The summed E-state index contributed by atoms with van der Waals surface area (Å²) in [4.78, 5) is 34.8. The molecule has 10 nitrogen and oxygen atoms in total. The maximum atomic E-state index is 13.4. The maximum absolute atomic E-state index is 13.4. The van der Waals surface area contributed by atoms with Crippen molar-refractivity contribution in [2.24, 2.45) is 0 Å². The minimum Gasteiger partial charge on any atom is -0.388 e. The van der Waals surface area contributed by atoms with Crippen LogP contribution < -0.4 is 10.9 Å². The summed E-state index contributed by atoms with van der Waals surface area (Å²) in [7, 11) is -3.21. The highest BCUT2D eigenvalue weighted by Crippen LogP contribution is 2.40. The van der Waals surface area contributed by atoms with Gasteiger partial charge in [0.25, 0.3) is 5.56 Å². The number of aliphatic hydroxyl groups is 1. The third-order valence-corrected chi connectivity index (χ3v) is 8.31. The molecule has 1 saturated heterocycles. The van der Waals surface area contributed by atoms with Gasteiger partial charge in [0.05, 0.1) is 23.5 Å². The number of carbonyl (C=O) groups is 1. The first-order valence-corrected chi connectivity index (χ1v) is 13.1. The van der Waals surface area contributed by atoms with Crippen LogP contribution >= 0.6 is 0 Å². The van der Waals surface area contributed by atoms with E-state index in [1.165, 1.54) is 22.1 Å². The van der Waals surface area contributed by atoms with Crippen LogP contribution in [0.5, 0.6) is 0 Å². The number of rotatable bonds is 5. The third kappa shape index (κ3) is 4.41. The number of pyridine rings is 1. The number of ketones is 1. The number of fused-ring (bicyclic) bond motifs is 1. The summed E-state index contributed by atoms with van der Waals surface area (Å²) in [6.45, 7) is 5.63. The van der Waals surface area contributed by atoms with Gasteiger partial charge in [-0.25, -0.2) is 17.7 Å². The van der Waals surface area contributed by atoms with E-state index in [4.69, 9.17) is 0 Å². The molecule has 4 rings (SSSR count).